The second-order valence-electron chi connectivity index (χ2n) is 6.38. The Kier molecular flexibility index (Phi) is 2.60. The van der Waals surface area contributed by atoms with E-state index in [1.165, 1.54) is 27.8 Å². The molecule has 0 saturated heterocycles. The molecule has 2 aliphatic carbocycles. The summed E-state index contributed by atoms with van der Waals surface area (Å²) >= 11 is 0. The van der Waals surface area contributed by atoms with E-state index in [1.807, 2.05) is 0 Å². The average Bonchev–Trinajstić information content (AvgIpc) is 2.86. The van der Waals surface area contributed by atoms with Crippen molar-refractivity contribution < 1.29 is 0 Å². The predicted molar refractivity (Wildman–Crippen MR) is 83.1 cm³/mol. The van der Waals surface area contributed by atoms with Crippen molar-refractivity contribution in [2.24, 2.45) is 5.41 Å². The molecule has 0 nitrogen and oxygen atoms in total. The minimum atomic E-state index is 0.181. The number of benzene rings is 1. The van der Waals surface area contributed by atoms with E-state index >= 15 is 0 Å². The molecular formula is C19H22. The standard InChI is InChI=1S/C19H22/c1-12-13(2)18(19(4,5)14(12)3)17-11-10-15-8-6-7-9-16(15)17/h6-11,17H,1-5H3. The molecule has 0 aliphatic heterocycles. The van der Waals surface area contributed by atoms with Crippen molar-refractivity contribution in [1.29, 1.82) is 0 Å². The first-order valence-electron chi connectivity index (χ1n) is 7.11. The molecule has 0 spiro atoms. The Bertz CT molecular complexity index is 636. The van der Waals surface area contributed by atoms with Crippen LogP contribution in [-0.2, 0) is 0 Å². The van der Waals surface area contributed by atoms with Gasteiger partial charge in [-0.15, -0.1) is 0 Å². The summed E-state index contributed by atoms with van der Waals surface area (Å²) < 4.78 is 0. The molecule has 0 radical (unpaired) electrons. The van der Waals surface area contributed by atoms with Gasteiger partial charge < -0.3 is 0 Å². The summed E-state index contributed by atoms with van der Waals surface area (Å²) in [6.45, 7) is 11.6. The summed E-state index contributed by atoms with van der Waals surface area (Å²) in [5.41, 5.74) is 9.12. The second-order valence-corrected chi connectivity index (χ2v) is 6.38. The SMILES string of the molecule is CC1=C(C)C(C)(C)C(C2C=Cc3ccccc32)=C1C. The number of hydrogen-bond donors (Lipinski definition) is 0. The van der Waals surface area contributed by atoms with Gasteiger partial charge in [-0.2, -0.15) is 0 Å². The zero-order valence-electron chi connectivity index (χ0n) is 12.5. The first-order chi connectivity index (χ1) is 8.94. The van der Waals surface area contributed by atoms with Crippen molar-refractivity contribution in [2.45, 2.75) is 40.5 Å². The van der Waals surface area contributed by atoms with Gasteiger partial charge in [-0.3, -0.25) is 0 Å². The molecule has 0 bridgehead atoms. The van der Waals surface area contributed by atoms with Gasteiger partial charge in [-0.1, -0.05) is 55.8 Å². The topological polar surface area (TPSA) is 0 Å². The molecule has 3 rings (SSSR count). The van der Waals surface area contributed by atoms with E-state index in [2.05, 4.69) is 71.0 Å². The third-order valence-electron chi connectivity index (χ3n) is 5.25. The first kappa shape index (κ1) is 12.5. The third kappa shape index (κ3) is 1.59. The lowest BCUT2D eigenvalue weighted by molar-refractivity contribution is 0.521. The fourth-order valence-electron chi connectivity index (χ4n) is 3.75. The maximum atomic E-state index is 2.37. The zero-order valence-corrected chi connectivity index (χ0v) is 12.5. The normalized spacial score (nSPS) is 24.4. The van der Waals surface area contributed by atoms with Crippen molar-refractivity contribution in [3.05, 3.63) is 63.8 Å². The van der Waals surface area contributed by atoms with E-state index in [0.717, 1.165) is 0 Å². The monoisotopic (exact) mass is 250 g/mol. The zero-order chi connectivity index (χ0) is 13.8. The highest BCUT2D eigenvalue weighted by Gasteiger charge is 2.39. The van der Waals surface area contributed by atoms with Gasteiger partial charge in [0.1, 0.15) is 0 Å². The van der Waals surface area contributed by atoms with E-state index in [1.54, 1.807) is 5.57 Å². The van der Waals surface area contributed by atoms with Crippen LogP contribution in [0.25, 0.3) is 6.08 Å². The van der Waals surface area contributed by atoms with Crippen LogP contribution in [0.2, 0.25) is 0 Å². The number of allylic oxidation sites excluding steroid dienone is 5. The number of fused-ring (bicyclic) bond motifs is 1. The molecule has 0 heterocycles. The molecule has 98 valence electrons. The van der Waals surface area contributed by atoms with Crippen molar-refractivity contribution in [3.8, 4) is 0 Å². The van der Waals surface area contributed by atoms with E-state index < -0.39 is 0 Å². The van der Waals surface area contributed by atoms with Gasteiger partial charge in [0.05, 0.1) is 0 Å². The van der Waals surface area contributed by atoms with E-state index in [0.29, 0.717) is 5.92 Å². The lowest BCUT2D eigenvalue weighted by Gasteiger charge is -2.30. The van der Waals surface area contributed by atoms with E-state index in [-0.39, 0.29) is 5.41 Å². The van der Waals surface area contributed by atoms with Crippen LogP contribution in [0.15, 0.2) is 52.6 Å². The summed E-state index contributed by atoms with van der Waals surface area (Å²) in [7, 11) is 0. The third-order valence-corrected chi connectivity index (χ3v) is 5.25. The maximum Gasteiger partial charge on any atom is 0.0251 e. The quantitative estimate of drug-likeness (QED) is 0.618. The molecule has 1 atom stereocenters. The Morgan fingerprint density at radius 1 is 0.947 bits per heavy atom. The second kappa shape index (κ2) is 3.96. The molecule has 1 aromatic rings. The maximum absolute atomic E-state index is 2.37. The summed E-state index contributed by atoms with van der Waals surface area (Å²) in [5, 5.41) is 0. The fraction of sp³-hybridized carbons (Fsp3) is 0.368. The molecule has 0 amide bonds. The highest BCUT2D eigenvalue weighted by atomic mass is 14.4. The minimum absolute atomic E-state index is 0.181. The molecular weight excluding hydrogens is 228 g/mol. The Hall–Kier alpha value is -1.56. The molecule has 1 aromatic carbocycles. The van der Waals surface area contributed by atoms with Gasteiger partial charge in [-0.25, -0.2) is 0 Å². The van der Waals surface area contributed by atoms with Crippen LogP contribution in [0.1, 0.15) is 51.7 Å². The molecule has 0 fully saturated rings. The highest BCUT2D eigenvalue weighted by Crippen LogP contribution is 2.53. The fourth-order valence-corrected chi connectivity index (χ4v) is 3.75. The lowest BCUT2D eigenvalue weighted by Crippen LogP contribution is -2.18. The largest absolute Gasteiger partial charge is 0.0723 e. The van der Waals surface area contributed by atoms with Gasteiger partial charge in [-0.05, 0) is 48.6 Å². The summed E-state index contributed by atoms with van der Waals surface area (Å²) in [5.74, 6) is 0.457. The summed E-state index contributed by atoms with van der Waals surface area (Å²) in [4.78, 5) is 0. The molecule has 2 aliphatic rings. The molecule has 1 unspecified atom stereocenters. The predicted octanol–water partition coefficient (Wildman–Crippen LogP) is 5.49. The van der Waals surface area contributed by atoms with Crippen LogP contribution in [-0.4, -0.2) is 0 Å². The van der Waals surface area contributed by atoms with Crippen LogP contribution < -0.4 is 0 Å². The van der Waals surface area contributed by atoms with Crippen molar-refractivity contribution >= 4 is 6.08 Å². The summed E-state index contributed by atoms with van der Waals surface area (Å²) in [6, 6.07) is 8.78. The molecule has 19 heavy (non-hydrogen) atoms. The number of rotatable bonds is 1. The van der Waals surface area contributed by atoms with Crippen molar-refractivity contribution in [2.75, 3.05) is 0 Å². The van der Waals surface area contributed by atoms with Gasteiger partial charge in [0.25, 0.3) is 0 Å². The molecule has 0 aromatic heterocycles. The molecule has 0 saturated carbocycles. The van der Waals surface area contributed by atoms with Crippen LogP contribution >= 0.6 is 0 Å². The molecule has 0 heteroatoms. The smallest absolute Gasteiger partial charge is 0.0251 e. The van der Waals surface area contributed by atoms with Crippen LogP contribution in [0.4, 0.5) is 0 Å². The minimum Gasteiger partial charge on any atom is -0.0723 e. The van der Waals surface area contributed by atoms with Crippen LogP contribution in [0, 0.1) is 5.41 Å². The van der Waals surface area contributed by atoms with E-state index in [9.17, 15) is 0 Å². The average molecular weight is 250 g/mol. The van der Waals surface area contributed by atoms with Gasteiger partial charge in [0.2, 0.25) is 0 Å². The number of hydrogen-bond acceptors (Lipinski definition) is 0. The van der Waals surface area contributed by atoms with Gasteiger partial charge in [0.15, 0.2) is 0 Å². The first-order valence-corrected chi connectivity index (χ1v) is 7.11. The van der Waals surface area contributed by atoms with Crippen LogP contribution in [0.5, 0.6) is 0 Å². The van der Waals surface area contributed by atoms with Crippen molar-refractivity contribution in [1.82, 2.24) is 0 Å². The Morgan fingerprint density at radius 3 is 2.26 bits per heavy atom. The lowest BCUT2D eigenvalue weighted by atomic mass is 9.73. The Balaban J connectivity index is 2.14. The van der Waals surface area contributed by atoms with E-state index in [4.69, 9.17) is 0 Å². The molecule has 0 N–H and O–H groups in total. The van der Waals surface area contributed by atoms with Gasteiger partial charge in [0, 0.05) is 11.3 Å². The van der Waals surface area contributed by atoms with Crippen LogP contribution in [0.3, 0.4) is 0 Å². The van der Waals surface area contributed by atoms with Crippen molar-refractivity contribution in [3.63, 3.8) is 0 Å². The summed E-state index contributed by atoms with van der Waals surface area (Å²) in [6.07, 6.45) is 4.65. The highest BCUT2D eigenvalue weighted by molar-refractivity contribution is 5.68. The van der Waals surface area contributed by atoms with Gasteiger partial charge >= 0.3 is 0 Å². The Morgan fingerprint density at radius 2 is 1.63 bits per heavy atom. The Labute approximate surface area is 116 Å².